The molecular weight excluding hydrogens is 318 g/mol. The van der Waals surface area contributed by atoms with Gasteiger partial charge in [0, 0.05) is 19.0 Å². The maximum Gasteiger partial charge on any atom is 0.387 e. The van der Waals surface area contributed by atoms with E-state index in [1.54, 1.807) is 19.1 Å². The second-order valence-electron chi connectivity index (χ2n) is 4.54. The molecule has 22 heavy (non-hydrogen) atoms. The average Bonchev–Trinajstić information content (AvgIpc) is 2.46. The number of halogens is 3. The van der Waals surface area contributed by atoms with Crippen LogP contribution in [0.1, 0.15) is 12.5 Å². The van der Waals surface area contributed by atoms with Gasteiger partial charge in [0.15, 0.2) is 11.5 Å². The number of hydrogen-bond acceptors (Lipinski definition) is 4. The number of alkyl halides is 2. The number of hydrogen-bond donors (Lipinski definition) is 2. The van der Waals surface area contributed by atoms with E-state index in [-0.39, 0.29) is 42.3 Å². The number of rotatable bonds is 8. The maximum absolute atomic E-state index is 12.3. The number of nitrogens with two attached hydrogens (primary N) is 1. The Bertz CT molecular complexity index is 475. The van der Waals surface area contributed by atoms with Crippen molar-refractivity contribution in [2.75, 3.05) is 20.2 Å². The summed E-state index contributed by atoms with van der Waals surface area (Å²) in [4.78, 5) is 11.5. The molecule has 1 aromatic rings. The summed E-state index contributed by atoms with van der Waals surface area (Å²) in [6, 6.07) is 4.76. The fraction of sp³-hybridized carbons (Fsp3) is 0.500. The Hall–Kier alpha value is -1.60. The third-order valence-electron chi connectivity index (χ3n) is 2.96. The molecule has 1 unspecified atom stereocenters. The lowest BCUT2D eigenvalue weighted by atomic mass is 10.1. The van der Waals surface area contributed by atoms with Gasteiger partial charge in [-0.3, -0.25) is 4.79 Å². The van der Waals surface area contributed by atoms with Crippen LogP contribution in [0.4, 0.5) is 8.78 Å². The molecule has 1 atom stereocenters. The van der Waals surface area contributed by atoms with Crippen molar-refractivity contribution < 1.29 is 23.0 Å². The molecule has 1 aromatic carbocycles. The summed E-state index contributed by atoms with van der Waals surface area (Å²) < 4.78 is 34.0. The van der Waals surface area contributed by atoms with Crippen LogP contribution < -0.4 is 20.5 Å². The van der Waals surface area contributed by atoms with Crippen LogP contribution in [-0.4, -0.2) is 32.7 Å². The Labute approximate surface area is 134 Å². The van der Waals surface area contributed by atoms with Crippen molar-refractivity contribution in [3.8, 4) is 11.5 Å². The zero-order valence-corrected chi connectivity index (χ0v) is 13.3. The fourth-order valence-corrected chi connectivity index (χ4v) is 1.68. The van der Waals surface area contributed by atoms with Crippen molar-refractivity contribution in [2.24, 2.45) is 11.7 Å². The van der Waals surface area contributed by atoms with E-state index in [9.17, 15) is 13.6 Å². The van der Waals surface area contributed by atoms with Gasteiger partial charge in [0.05, 0.1) is 7.11 Å². The molecule has 0 radical (unpaired) electrons. The molecule has 1 rings (SSSR count). The summed E-state index contributed by atoms with van der Waals surface area (Å²) in [6.07, 6.45) is 0.493. The zero-order valence-electron chi connectivity index (χ0n) is 12.5. The molecule has 0 aliphatic heterocycles. The maximum atomic E-state index is 12.3. The van der Waals surface area contributed by atoms with Crippen LogP contribution in [0, 0.1) is 5.92 Å². The number of carbonyl (C=O) groups is 1. The van der Waals surface area contributed by atoms with Crippen molar-refractivity contribution in [3.63, 3.8) is 0 Å². The second-order valence-corrected chi connectivity index (χ2v) is 4.54. The Morgan fingerprint density at radius 1 is 1.36 bits per heavy atom. The highest BCUT2D eigenvalue weighted by molar-refractivity contribution is 5.85. The van der Waals surface area contributed by atoms with Gasteiger partial charge in [0.25, 0.3) is 0 Å². The first-order valence-corrected chi connectivity index (χ1v) is 6.57. The minimum absolute atomic E-state index is 0. The number of benzene rings is 1. The predicted octanol–water partition coefficient (Wildman–Crippen LogP) is 1.97. The minimum Gasteiger partial charge on any atom is -0.493 e. The molecule has 3 N–H and O–H groups in total. The molecular formula is C14H21ClF2N2O3. The first-order chi connectivity index (χ1) is 9.97. The van der Waals surface area contributed by atoms with E-state index in [0.29, 0.717) is 13.0 Å². The summed E-state index contributed by atoms with van der Waals surface area (Å²) in [5, 5.41) is 2.73. The SMILES string of the molecule is COc1ccc(CCNC(=O)C(C)CN)cc1OC(F)F.Cl. The summed E-state index contributed by atoms with van der Waals surface area (Å²) in [6.45, 7) is -0.513. The molecule has 0 saturated heterocycles. The van der Waals surface area contributed by atoms with Gasteiger partial charge in [-0.2, -0.15) is 8.78 Å². The third kappa shape index (κ3) is 6.44. The van der Waals surface area contributed by atoms with Gasteiger partial charge in [-0.05, 0) is 24.1 Å². The van der Waals surface area contributed by atoms with Gasteiger partial charge < -0.3 is 20.5 Å². The van der Waals surface area contributed by atoms with Crippen LogP contribution in [-0.2, 0) is 11.2 Å². The number of amides is 1. The van der Waals surface area contributed by atoms with Crippen LogP contribution in [0.15, 0.2) is 18.2 Å². The van der Waals surface area contributed by atoms with Crippen LogP contribution in [0.2, 0.25) is 0 Å². The lowest BCUT2D eigenvalue weighted by Gasteiger charge is -2.12. The second kappa shape index (κ2) is 10.2. The van der Waals surface area contributed by atoms with E-state index >= 15 is 0 Å². The van der Waals surface area contributed by atoms with Crippen molar-refractivity contribution >= 4 is 18.3 Å². The molecule has 0 spiro atoms. The van der Waals surface area contributed by atoms with Crippen molar-refractivity contribution in [2.45, 2.75) is 20.0 Å². The van der Waals surface area contributed by atoms with Crippen LogP contribution >= 0.6 is 12.4 Å². The van der Waals surface area contributed by atoms with E-state index in [1.807, 2.05) is 0 Å². The van der Waals surface area contributed by atoms with Gasteiger partial charge in [-0.1, -0.05) is 13.0 Å². The smallest absolute Gasteiger partial charge is 0.387 e. The first-order valence-electron chi connectivity index (χ1n) is 6.57. The van der Waals surface area contributed by atoms with Crippen LogP contribution in [0.5, 0.6) is 11.5 Å². The van der Waals surface area contributed by atoms with E-state index in [1.165, 1.54) is 13.2 Å². The predicted molar refractivity (Wildman–Crippen MR) is 81.8 cm³/mol. The number of methoxy groups -OCH3 is 1. The summed E-state index contributed by atoms with van der Waals surface area (Å²) in [5.74, 6) is -0.167. The van der Waals surface area contributed by atoms with Gasteiger partial charge >= 0.3 is 6.61 Å². The molecule has 0 saturated carbocycles. The Morgan fingerprint density at radius 2 is 2.05 bits per heavy atom. The average molecular weight is 339 g/mol. The topological polar surface area (TPSA) is 73.6 Å². The Balaban J connectivity index is 0.00000441. The number of ether oxygens (including phenoxy) is 2. The summed E-state index contributed by atoms with van der Waals surface area (Å²) in [7, 11) is 1.38. The van der Waals surface area contributed by atoms with Crippen molar-refractivity contribution in [1.82, 2.24) is 5.32 Å². The molecule has 126 valence electrons. The summed E-state index contributed by atoms with van der Waals surface area (Å²) >= 11 is 0. The lowest BCUT2D eigenvalue weighted by Crippen LogP contribution is -2.34. The monoisotopic (exact) mass is 338 g/mol. The largest absolute Gasteiger partial charge is 0.493 e. The number of carbonyl (C=O) groups excluding carboxylic acids is 1. The Kier molecular flexibility index (Phi) is 9.44. The highest BCUT2D eigenvalue weighted by atomic mass is 35.5. The molecule has 0 aliphatic rings. The minimum atomic E-state index is -2.92. The van der Waals surface area contributed by atoms with E-state index in [2.05, 4.69) is 10.1 Å². The highest BCUT2D eigenvalue weighted by Crippen LogP contribution is 2.29. The normalized spacial score (nSPS) is 11.5. The fourth-order valence-electron chi connectivity index (χ4n) is 1.68. The Morgan fingerprint density at radius 3 is 2.59 bits per heavy atom. The van der Waals surface area contributed by atoms with Gasteiger partial charge in [-0.15, -0.1) is 12.4 Å². The van der Waals surface area contributed by atoms with Gasteiger partial charge in [-0.25, -0.2) is 0 Å². The zero-order chi connectivity index (χ0) is 15.8. The molecule has 0 fully saturated rings. The molecule has 0 aromatic heterocycles. The number of nitrogens with one attached hydrogen (secondary N) is 1. The highest BCUT2D eigenvalue weighted by Gasteiger charge is 2.12. The summed E-state index contributed by atoms with van der Waals surface area (Å²) in [5.41, 5.74) is 6.15. The quantitative estimate of drug-likeness (QED) is 0.760. The van der Waals surface area contributed by atoms with Crippen molar-refractivity contribution in [3.05, 3.63) is 23.8 Å². The van der Waals surface area contributed by atoms with Crippen molar-refractivity contribution in [1.29, 1.82) is 0 Å². The van der Waals surface area contributed by atoms with E-state index < -0.39 is 6.61 Å². The third-order valence-corrected chi connectivity index (χ3v) is 2.96. The van der Waals surface area contributed by atoms with E-state index in [0.717, 1.165) is 5.56 Å². The molecule has 1 amide bonds. The standard InChI is InChI=1S/C14H20F2N2O3.ClH/c1-9(8-17)13(19)18-6-5-10-3-4-11(20-2)12(7-10)21-14(15)16;/h3-4,7,9,14H,5-6,8,17H2,1-2H3,(H,18,19);1H. The molecule has 0 bridgehead atoms. The first kappa shape index (κ1) is 20.4. The van der Waals surface area contributed by atoms with Gasteiger partial charge in [0.2, 0.25) is 5.91 Å². The molecule has 0 heterocycles. The van der Waals surface area contributed by atoms with Crippen LogP contribution in [0.25, 0.3) is 0 Å². The lowest BCUT2D eigenvalue weighted by molar-refractivity contribution is -0.124. The van der Waals surface area contributed by atoms with E-state index in [4.69, 9.17) is 10.5 Å². The molecule has 5 nitrogen and oxygen atoms in total. The molecule has 8 heteroatoms. The molecule has 0 aliphatic carbocycles. The van der Waals surface area contributed by atoms with Gasteiger partial charge in [0.1, 0.15) is 0 Å². The van der Waals surface area contributed by atoms with Crippen LogP contribution in [0.3, 0.4) is 0 Å².